The summed E-state index contributed by atoms with van der Waals surface area (Å²) < 4.78 is 16.3. The molecular weight excluding hydrogens is 412 g/mol. The highest BCUT2D eigenvalue weighted by atomic mass is 16.5. The van der Waals surface area contributed by atoms with E-state index >= 15 is 0 Å². The largest absolute Gasteiger partial charge is 0.490 e. The van der Waals surface area contributed by atoms with Gasteiger partial charge in [-0.25, -0.2) is 4.79 Å². The number of hydrogen-bond acceptors (Lipinski definition) is 6. The number of amides is 2. The molecule has 0 atom stereocenters. The Hall–Kier alpha value is -3.55. The van der Waals surface area contributed by atoms with Crippen molar-refractivity contribution in [3.63, 3.8) is 0 Å². The van der Waals surface area contributed by atoms with E-state index in [1.54, 1.807) is 36.4 Å². The molecule has 2 amide bonds. The number of benzene rings is 2. The maximum atomic E-state index is 12.4. The fourth-order valence-electron chi connectivity index (χ4n) is 2.92. The van der Waals surface area contributed by atoms with E-state index in [-0.39, 0.29) is 17.5 Å². The van der Waals surface area contributed by atoms with Gasteiger partial charge in [-0.05, 0) is 56.5 Å². The maximum absolute atomic E-state index is 12.4. The van der Waals surface area contributed by atoms with Gasteiger partial charge in [-0.15, -0.1) is 0 Å². The fourth-order valence-corrected chi connectivity index (χ4v) is 2.92. The summed E-state index contributed by atoms with van der Waals surface area (Å²) in [5, 5.41) is 5.52. The van der Waals surface area contributed by atoms with Crippen LogP contribution in [0.2, 0.25) is 0 Å². The molecule has 0 heterocycles. The van der Waals surface area contributed by atoms with Crippen LogP contribution in [0.5, 0.6) is 11.5 Å². The van der Waals surface area contributed by atoms with Crippen LogP contribution in [0.3, 0.4) is 0 Å². The molecule has 170 valence electrons. The first-order chi connectivity index (χ1) is 15.5. The molecule has 0 bridgehead atoms. The summed E-state index contributed by atoms with van der Waals surface area (Å²) in [6.45, 7) is 4.29. The second-order valence-corrected chi connectivity index (χ2v) is 7.36. The summed E-state index contributed by atoms with van der Waals surface area (Å²) in [7, 11) is 0. The molecule has 8 heteroatoms. The van der Waals surface area contributed by atoms with Gasteiger partial charge in [0.25, 0.3) is 11.8 Å². The number of hydrogen-bond donors (Lipinski definition) is 2. The molecular formula is C24H28N2O6. The molecule has 0 radical (unpaired) electrons. The second-order valence-electron chi connectivity index (χ2n) is 7.36. The van der Waals surface area contributed by atoms with Crippen molar-refractivity contribution in [3.8, 4) is 11.5 Å². The molecule has 0 unspecified atom stereocenters. The first kappa shape index (κ1) is 23.1. The Kier molecular flexibility index (Phi) is 8.08. The van der Waals surface area contributed by atoms with Crippen molar-refractivity contribution < 1.29 is 28.6 Å². The van der Waals surface area contributed by atoms with Crippen molar-refractivity contribution in [1.82, 2.24) is 5.32 Å². The number of carbonyl (C=O) groups is 3. The molecule has 2 aromatic carbocycles. The highest BCUT2D eigenvalue weighted by molar-refractivity contribution is 6.04. The molecule has 1 fully saturated rings. The van der Waals surface area contributed by atoms with Gasteiger partial charge < -0.3 is 24.8 Å². The van der Waals surface area contributed by atoms with Crippen LogP contribution >= 0.6 is 0 Å². The standard InChI is InChI=1S/C24H28N2O6/c1-3-13-31-20-12-9-16(14-21(20)30-4-2)24(29)32-15-22(27)26-19-8-6-5-7-18(19)23(28)25-17-10-11-17/h5-9,12,14,17H,3-4,10-11,13,15H2,1-2H3,(H,25,28)(H,26,27). The fraction of sp³-hybridized carbons (Fsp3) is 0.375. The number of carbonyl (C=O) groups excluding carboxylic acids is 3. The summed E-state index contributed by atoms with van der Waals surface area (Å²) in [6, 6.07) is 11.6. The van der Waals surface area contributed by atoms with Crippen LogP contribution in [0.25, 0.3) is 0 Å². The Bertz CT molecular complexity index is 971. The average molecular weight is 440 g/mol. The first-order valence-electron chi connectivity index (χ1n) is 10.8. The lowest BCUT2D eigenvalue weighted by molar-refractivity contribution is -0.119. The lowest BCUT2D eigenvalue weighted by Crippen LogP contribution is -2.28. The van der Waals surface area contributed by atoms with Crippen LogP contribution in [-0.2, 0) is 9.53 Å². The highest BCUT2D eigenvalue weighted by Crippen LogP contribution is 2.29. The number of anilines is 1. The van der Waals surface area contributed by atoms with E-state index in [9.17, 15) is 14.4 Å². The maximum Gasteiger partial charge on any atom is 0.338 e. The van der Waals surface area contributed by atoms with Crippen LogP contribution in [0.15, 0.2) is 42.5 Å². The Balaban J connectivity index is 1.58. The van der Waals surface area contributed by atoms with Gasteiger partial charge in [0, 0.05) is 6.04 Å². The van der Waals surface area contributed by atoms with E-state index in [0.717, 1.165) is 19.3 Å². The van der Waals surface area contributed by atoms with Crippen molar-refractivity contribution in [3.05, 3.63) is 53.6 Å². The molecule has 32 heavy (non-hydrogen) atoms. The van der Waals surface area contributed by atoms with Crippen molar-refractivity contribution >= 4 is 23.5 Å². The van der Waals surface area contributed by atoms with E-state index in [2.05, 4.69) is 10.6 Å². The zero-order chi connectivity index (χ0) is 22.9. The molecule has 3 rings (SSSR count). The Morgan fingerprint density at radius 3 is 2.50 bits per heavy atom. The quantitative estimate of drug-likeness (QED) is 0.518. The SMILES string of the molecule is CCCOc1ccc(C(=O)OCC(=O)Nc2ccccc2C(=O)NC2CC2)cc1OCC. The third-order valence-corrected chi connectivity index (χ3v) is 4.63. The molecule has 1 saturated carbocycles. The number of esters is 1. The van der Waals surface area contributed by atoms with Gasteiger partial charge in [-0.3, -0.25) is 9.59 Å². The van der Waals surface area contributed by atoms with E-state index in [0.29, 0.717) is 36.0 Å². The summed E-state index contributed by atoms with van der Waals surface area (Å²) in [4.78, 5) is 37.1. The minimum Gasteiger partial charge on any atom is -0.490 e. The minimum atomic E-state index is -0.664. The third-order valence-electron chi connectivity index (χ3n) is 4.63. The number of ether oxygens (including phenoxy) is 3. The molecule has 1 aliphatic rings. The first-order valence-corrected chi connectivity index (χ1v) is 10.8. The van der Waals surface area contributed by atoms with Gasteiger partial charge in [0.15, 0.2) is 18.1 Å². The molecule has 0 aliphatic heterocycles. The van der Waals surface area contributed by atoms with Gasteiger partial charge in [0.05, 0.1) is 30.0 Å². The molecule has 2 N–H and O–H groups in total. The number of rotatable bonds is 11. The van der Waals surface area contributed by atoms with Gasteiger partial charge in [-0.2, -0.15) is 0 Å². The van der Waals surface area contributed by atoms with Crippen LogP contribution < -0.4 is 20.1 Å². The predicted molar refractivity (Wildman–Crippen MR) is 119 cm³/mol. The lowest BCUT2D eigenvalue weighted by Gasteiger charge is -2.13. The van der Waals surface area contributed by atoms with Gasteiger partial charge >= 0.3 is 5.97 Å². The van der Waals surface area contributed by atoms with E-state index < -0.39 is 18.5 Å². The third kappa shape index (κ3) is 6.47. The minimum absolute atomic E-state index is 0.201. The smallest absolute Gasteiger partial charge is 0.338 e. The average Bonchev–Trinajstić information content (AvgIpc) is 3.61. The predicted octanol–water partition coefficient (Wildman–Crippen LogP) is 3.56. The Labute approximate surface area is 187 Å². The molecule has 0 aromatic heterocycles. The highest BCUT2D eigenvalue weighted by Gasteiger charge is 2.25. The number of para-hydroxylation sites is 1. The Morgan fingerprint density at radius 2 is 1.78 bits per heavy atom. The van der Waals surface area contributed by atoms with Crippen molar-refractivity contribution in [1.29, 1.82) is 0 Å². The van der Waals surface area contributed by atoms with Crippen LogP contribution in [0.4, 0.5) is 5.69 Å². The molecule has 2 aromatic rings. The summed E-state index contributed by atoms with van der Waals surface area (Å²) in [5.41, 5.74) is 0.972. The van der Waals surface area contributed by atoms with Gasteiger partial charge in [-0.1, -0.05) is 19.1 Å². The molecule has 0 saturated heterocycles. The molecule has 0 spiro atoms. The second kappa shape index (κ2) is 11.2. The van der Waals surface area contributed by atoms with Crippen LogP contribution in [-0.4, -0.2) is 43.6 Å². The zero-order valence-corrected chi connectivity index (χ0v) is 18.3. The van der Waals surface area contributed by atoms with E-state index in [1.807, 2.05) is 13.8 Å². The van der Waals surface area contributed by atoms with Crippen molar-refractivity contribution in [2.45, 2.75) is 39.2 Å². The zero-order valence-electron chi connectivity index (χ0n) is 18.3. The van der Waals surface area contributed by atoms with Gasteiger partial charge in [0.2, 0.25) is 0 Å². The number of nitrogens with one attached hydrogen (secondary N) is 2. The summed E-state index contributed by atoms with van der Waals surface area (Å²) in [6.07, 6.45) is 2.77. The normalized spacial score (nSPS) is 12.6. The van der Waals surface area contributed by atoms with E-state index in [1.165, 1.54) is 6.07 Å². The van der Waals surface area contributed by atoms with Crippen LogP contribution in [0, 0.1) is 0 Å². The van der Waals surface area contributed by atoms with Crippen molar-refractivity contribution in [2.75, 3.05) is 25.1 Å². The van der Waals surface area contributed by atoms with E-state index in [4.69, 9.17) is 14.2 Å². The topological polar surface area (TPSA) is 103 Å². The molecule has 1 aliphatic carbocycles. The summed E-state index contributed by atoms with van der Waals surface area (Å²) >= 11 is 0. The Morgan fingerprint density at radius 1 is 1.00 bits per heavy atom. The lowest BCUT2D eigenvalue weighted by atomic mass is 10.1. The monoisotopic (exact) mass is 440 g/mol. The molecule has 8 nitrogen and oxygen atoms in total. The summed E-state index contributed by atoms with van der Waals surface area (Å²) in [5.74, 6) is -0.463. The van der Waals surface area contributed by atoms with Crippen molar-refractivity contribution in [2.24, 2.45) is 0 Å². The van der Waals surface area contributed by atoms with Crippen LogP contribution in [0.1, 0.15) is 53.8 Å². The van der Waals surface area contributed by atoms with Gasteiger partial charge in [0.1, 0.15) is 0 Å².